The van der Waals surface area contributed by atoms with Gasteiger partial charge in [0.05, 0.1) is 0 Å². The smallest absolute Gasteiger partial charge is 0.0407 e. The number of hydrogen-bond donors (Lipinski definition) is 0. The van der Waals surface area contributed by atoms with Crippen molar-refractivity contribution in [3.8, 4) is 0 Å². The van der Waals surface area contributed by atoms with Gasteiger partial charge in [-0.2, -0.15) is 0 Å². The molecule has 2 atom stereocenters. The van der Waals surface area contributed by atoms with E-state index in [0.717, 1.165) is 0 Å². The van der Waals surface area contributed by atoms with Crippen molar-refractivity contribution in [2.75, 3.05) is 0 Å². The van der Waals surface area contributed by atoms with Gasteiger partial charge in [-0.25, -0.2) is 0 Å². The van der Waals surface area contributed by atoms with Crippen LogP contribution in [-0.4, -0.2) is 0 Å². The maximum absolute atomic E-state index is 3.92. The molecule has 2 aromatic rings. The highest BCUT2D eigenvalue weighted by molar-refractivity contribution is 8.03. The number of thioether (sulfide) groups is 1. The van der Waals surface area contributed by atoms with Crippen LogP contribution in [0, 0.1) is 0 Å². The van der Waals surface area contributed by atoms with Crippen LogP contribution >= 0.6 is 34.4 Å². The third-order valence-corrected chi connectivity index (χ3v) is 7.79. The van der Waals surface area contributed by atoms with Gasteiger partial charge in [0.15, 0.2) is 0 Å². The van der Waals surface area contributed by atoms with E-state index in [-0.39, 0.29) is 0 Å². The van der Waals surface area contributed by atoms with E-state index in [1.807, 2.05) is 40.5 Å². The summed E-state index contributed by atoms with van der Waals surface area (Å²) in [7, 11) is 0. The molecule has 0 nitrogen and oxygen atoms in total. The minimum atomic E-state index is 0.393. The van der Waals surface area contributed by atoms with Gasteiger partial charge in [-0.3, -0.25) is 0 Å². The maximum Gasteiger partial charge on any atom is 0.0407 e. The second-order valence-electron chi connectivity index (χ2n) is 5.77. The molecule has 0 aliphatic carbocycles. The number of hydrogen-bond acceptors (Lipinski definition) is 3. The molecule has 0 fully saturated rings. The molecule has 0 bridgehead atoms. The SMILES string of the molecule is C=C/C=C(\SC(C)c1ccc(/C=C/C)s1)C(C)c1ccc(/C=C/C)s1. The van der Waals surface area contributed by atoms with Crippen LogP contribution < -0.4 is 0 Å². The molecule has 25 heavy (non-hydrogen) atoms. The molecular formula is C22H26S3. The number of rotatable bonds is 8. The van der Waals surface area contributed by atoms with Crippen LogP contribution in [0.4, 0.5) is 0 Å². The quantitative estimate of drug-likeness (QED) is 0.409. The normalized spacial score (nSPS) is 15.1. The first-order chi connectivity index (χ1) is 12.1. The molecular weight excluding hydrogens is 360 g/mol. The Kier molecular flexibility index (Phi) is 8.01. The number of allylic oxidation sites excluding steroid dienone is 5. The third-order valence-electron chi connectivity index (χ3n) is 3.81. The lowest BCUT2D eigenvalue weighted by atomic mass is 10.1. The topological polar surface area (TPSA) is 0 Å². The fraction of sp³-hybridized carbons (Fsp3) is 0.273. The fourth-order valence-corrected chi connectivity index (χ4v) is 5.94. The van der Waals surface area contributed by atoms with Crippen molar-refractivity contribution in [2.24, 2.45) is 0 Å². The van der Waals surface area contributed by atoms with E-state index in [1.165, 1.54) is 24.4 Å². The molecule has 0 saturated carbocycles. The van der Waals surface area contributed by atoms with Gasteiger partial charge in [0.2, 0.25) is 0 Å². The Morgan fingerprint density at radius 2 is 1.52 bits per heavy atom. The van der Waals surface area contributed by atoms with Gasteiger partial charge in [0.1, 0.15) is 0 Å². The number of thiophene rings is 2. The highest BCUT2D eigenvalue weighted by Crippen LogP contribution is 2.44. The van der Waals surface area contributed by atoms with Crippen LogP contribution in [0.15, 0.2) is 60.1 Å². The monoisotopic (exact) mass is 386 g/mol. The summed E-state index contributed by atoms with van der Waals surface area (Å²) in [5.74, 6) is 0.393. The van der Waals surface area contributed by atoms with Crippen molar-refractivity contribution in [3.05, 3.63) is 79.6 Å². The standard InChI is InChI=1S/C22H26S3/c1-6-9-18-12-14-21(24-18)16(4)20(11-8-3)23-17(5)22-15-13-19(25-22)10-7-2/h6-17H,3H2,1-2,4-5H3/b9-6+,10-7+,20-11-. The largest absolute Gasteiger partial charge is 0.140 e. The summed E-state index contributed by atoms with van der Waals surface area (Å²) in [6.07, 6.45) is 12.6. The van der Waals surface area contributed by atoms with Crippen LogP contribution in [0.3, 0.4) is 0 Å². The van der Waals surface area contributed by atoms with E-state index in [4.69, 9.17) is 0 Å². The molecule has 3 heteroatoms. The Morgan fingerprint density at radius 3 is 2.08 bits per heavy atom. The Balaban J connectivity index is 2.15. The minimum Gasteiger partial charge on any atom is -0.140 e. The average molecular weight is 387 g/mol. The Hall–Kier alpha value is -1.29. The molecule has 0 amide bonds. The highest BCUT2D eigenvalue weighted by atomic mass is 32.2. The van der Waals surface area contributed by atoms with Gasteiger partial charge in [-0.05, 0) is 62.1 Å². The van der Waals surface area contributed by atoms with Crippen molar-refractivity contribution in [1.82, 2.24) is 0 Å². The molecule has 0 aliphatic rings. The molecule has 2 rings (SSSR count). The van der Waals surface area contributed by atoms with Crippen LogP contribution in [0.2, 0.25) is 0 Å². The van der Waals surface area contributed by atoms with E-state index >= 15 is 0 Å². The summed E-state index contributed by atoms with van der Waals surface area (Å²) >= 11 is 5.69. The molecule has 2 aromatic heterocycles. The summed E-state index contributed by atoms with van der Waals surface area (Å²) in [6, 6.07) is 8.92. The summed E-state index contributed by atoms with van der Waals surface area (Å²) < 4.78 is 0. The molecule has 2 heterocycles. The molecule has 2 unspecified atom stereocenters. The second-order valence-corrected chi connectivity index (χ2v) is 9.47. The zero-order valence-electron chi connectivity index (χ0n) is 15.4. The highest BCUT2D eigenvalue weighted by Gasteiger charge is 2.18. The summed E-state index contributed by atoms with van der Waals surface area (Å²) in [6.45, 7) is 12.6. The van der Waals surface area contributed by atoms with Gasteiger partial charge in [-0.15, -0.1) is 34.4 Å². The van der Waals surface area contributed by atoms with Crippen LogP contribution in [0.1, 0.15) is 58.4 Å². The lowest BCUT2D eigenvalue weighted by Gasteiger charge is -2.18. The van der Waals surface area contributed by atoms with Gasteiger partial charge >= 0.3 is 0 Å². The van der Waals surface area contributed by atoms with Crippen molar-refractivity contribution in [2.45, 2.75) is 38.9 Å². The second kappa shape index (κ2) is 10.0. The summed E-state index contributed by atoms with van der Waals surface area (Å²) in [4.78, 5) is 6.83. The first-order valence-electron chi connectivity index (χ1n) is 8.53. The summed E-state index contributed by atoms with van der Waals surface area (Å²) in [5, 5.41) is 0.438. The van der Waals surface area contributed by atoms with Crippen molar-refractivity contribution < 1.29 is 0 Å². The molecule has 0 aromatic carbocycles. The van der Waals surface area contributed by atoms with Crippen LogP contribution in [0.5, 0.6) is 0 Å². The van der Waals surface area contributed by atoms with E-state index in [1.54, 1.807) is 0 Å². The molecule has 0 aliphatic heterocycles. The van der Waals surface area contributed by atoms with E-state index in [9.17, 15) is 0 Å². The lowest BCUT2D eigenvalue weighted by Crippen LogP contribution is -1.95. The van der Waals surface area contributed by atoms with Crippen LogP contribution in [-0.2, 0) is 0 Å². The first kappa shape index (κ1) is 20.0. The molecule has 0 spiro atoms. The first-order valence-corrected chi connectivity index (χ1v) is 11.0. The molecule has 132 valence electrons. The van der Waals surface area contributed by atoms with E-state index in [2.05, 4.69) is 88.9 Å². The maximum atomic E-state index is 3.92. The molecule has 0 radical (unpaired) electrons. The third kappa shape index (κ3) is 5.60. The zero-order valence-corrected chi connectivity index (χ0v) is 17.8. The van der Waals surface area contributed by atoms with Crippen LogP contribution in [0.25, 0.3) is 12.2 Å². The lowest BCUT2D eigenvalue weighted by molar-refractivity contribution is 0.974. The average Bonchev–Trinajstić information content (AvgIpc) is 3.24. The predicted octanol–water partition coefficient (Wildman–Crippen LogP) is 8.54. The Labute approximate surface area is 164 Å². The van der Waals surface area contributed by atoms with Crippen molar-refractivity contribution in [3.63, 3.8) is 0 Å². The van der Waals surface area contributed by atoms with Gasteiger partial charge in [-0.1, -0.05) is 37.8 Å². The van der Waals surface area contributed by atoms with Gasteiger partial charge < -0.3 is 0 Å². The van der Waals surface area contributed by atoms with Crippen molar-refractivity contribution >= 4 is 46.6 Å². The predicted molar refractivity (Wildman–Crippen MR) is 121 cm³/mol. The van der Waals surface area contributed by atoms with Gasteiger partial charge in [0, 0.05) is 30.7 Å². The Bertz CT molecular complexity index is 771. The van der Waals surface area contributed by atoms with E-state index < -0.39 is 0 Å². The molecule has 0 saturated heterocycles. The fourth-order valence-electron chi connectivity index (χ4n) is 2.50. The van der Waals surface area contributed by atoms with Crippen molar-refractivity contribution in [1.29, 1.82) is 0 Å². The molecule has 0 N–H and O–H groups in total. The minimum absolute atomic E-state index is 0.393. The zero-order chi connectivity index (χ0) is 18.2. The summed E-state index contributed by atoms with van der Waals surface area (Å²) in [5.41, 5.74) is 0. The Morgan fingerprint density at radius 1 is 0.960 bits per heavy atom. The van der Waals surface area contributed by atoms with E-state index in [0.29, 0.717) is 11.2 Å². The van der Waals surface area contributed by atoms with Gasteiger partial charge in [0.25, 0.3) is 0 Å².